The van der Waals surface area contributed by atoms with E-state index in [1.165, 1.54) is 0 Å². The van der Waals surface area contributed by atoms with Gasteiger partial charge in [-0.05, 0) is 12.2 Å². The fourth-order valence-electron chi connectivity index (χ4n) is 0.893. The summed E-state index contributed by atoms with van der Waals surface area (Å²) < 4.78 is 0. The molecule has 3 N–H and O–H groups in total. The topological polar surface area (TPSA) is 104 Å². The van der Waals surface area contributed by atoms with Crippen molar-refractivity contribution in [3.63, 3.8) is 0 Å². The predicted octanol–water partition coefficient (Wildman–Crippen LogP) is -0.260. The Morgan fingerprint density at radius 3 is 2.20 bits per heavy atom. The van der Waals surface area contributed by atoms with E-state index in [2.05, 4.69) is 17.9 Å². The van der Waals surface area contributed by atoms with Crippen LogP contribution in [0.2, 0.25) is 0 Å². The summed E-state index contributed by atoms with van der Waals surface area (Å²) in [5.74, 6) is -2.45. The molecule has 0 spiro atoms. The van der Waals surface area contributed by atoms with Crippen molar-refractivity contribution in [2.75, 3.05) is 5.75 Å². The zero-order valence-electron chi connectivity index (χ0n) is 7.97. The van der Waals surface area contributed by atoms with E-state index in [4.69, 9.17) is 10.2 Å². The minimum absolute atomic E-state index is 0.111. The second kappa shape index (κ2) is 7.10. The summed E-state index contributed by atoms with van der Waals surface area (Å²) in [6.45, 7) is 0. The van der Waals surface area contributed by atoms with Gasteiger partial charge in [0.05, 0.1) is 0 Å². The lowest BCUT2D eigenvalue weighted by Gasteiger charge is -2.12. The van der Waals surface area contributed by atoms with Gasteiger partial charge in [-0.2, -0.15) is 12.6 Å². The third-order valence-electron chi connectivity index (χ3n) is 1.62. The Kier molecular flexibility index (Phi) is 6.52. The molecule has 86 valence electrons. The lowest BCUT2D eigenvalue weighted by atomic mass is 10.1. The van der Waals surface area contributed by atoms with Crippen molar-refractivity contribution in [3.8, 4) is 0 Å². The summed E-state index contributed by atoms with van der Waals surface area (Å²) in [6, 6.07) is -1.14. The van der Waals surface area contributed by atoms with E-state index in [1.54, 1.807) is 0 Å². The maximum atomic E-state index is 11.0. The molecular weight excluding hydrogens is 222 g/mol. The Bertz CT molecular complexity index is 255. The van der Waals surface area contributed by atoms with Gasteiger partial charge >= 0.3 is 11.9 Å². The number of nitrogens with one attached hydrogen (secondary N) is 1. The number of thiol groups is 1. The van der Waals surface area contributed by atoms with E-state index in [1.807, 2.05) is 0 Å². The summed E-state index contributed by atoms with van der Waals surface area (Å²) in [6.07, 6.45) is -0.305. The Hall–Kier alpha value is -1.24. The number of carboxylic acid groups (broad SMARTS) is 2. The molecule has 0 aromatic heterocycles. The molecule has 0 aromatic rings. The molecule has 1 atom stereocenters. The molecule has 0 fully saturated rings. The predicted molar refractivity (Wildman–Crippen MR) is 54.9 cm³/mol. The number of carbonyl (C=O) groups excluding carboxylic acids is 1. The highest BCUT2D eigenvalue weighted by Gasteiger charge is 2.20. The average Bonchev–Trinajstić information content (AvgIpc) is 2.11. The molecule has 0 aliphatic heterocycles. The maximum Gasteiger partial charge on any atom is 0.326 e. The molecule has 0 aliphatic rings. The zero-order chi connectivity index (χ0) is 11.8. The molecular formula is C8H13NO5S. The fourth-order valence-corrected chi connectivity index (χ4v) is 1.10. The molecule has 0 bridgehead atoms. The third kappa shape index (κ3) is 6.78. The number of hydrogen-bond acceptors (Lipinski definition) is 4. The molecule has 0 heterocycles. The molecule has 0 unspecified atom stereocenters. The molecule has 1 amide bonds. The van der Waals surface area contributed by atoms with Crippen LogP contribution < -0.4 is 5.32 Å². The minimum Gasteiger partial charge on any atom is -0.481 e. The van der Waals surface area contributed by atoms with E-state index in [0.29, 0.717) is 5.75 Å². The third-order valence-corrected chi connectivity index (χ3v) is 1.84. The summed E-state index contributed by atoms with van der Waals surface area (Å²) in [4.78, 5) is 31.9. The van der Waals surface area contributed by atoms with Gasteiger partial charge in [0.25, 0.3) is 0 Å². The van der Waals surface area contributed by atoms with E-state index in [9.17, 15) is 14.4 Å². The first-order valence-corrected chi connectivity index (χ1v) is 4.95. The molecule has 0 aliphatic carbocycles. The molecule has 15 heavy (non-hydrogen) atoms. The standard InChI is InChI=1S/C8H13NO5S/c10-6(3-4-15)9-5(8(13)14)1-2-7(11)12/h5,15H,1-4H2,(H,9,10)(H,11,12)(H,13,14)/t5-/m1/s1. The summed E-state index contributed by atoms with van der Waals surface area (Å²) in [5, 5.41) is 19.3. The second-order valence-corrected chi connectivity index (χ2v) is 3.31. The van der Waals surface area contributed by atoms with Crippen LogP contribution in [0, 0.1) is 0 Å². The van der Waals surface area contributed by atoms with Gasteiger partial charge < -0.3 is 15.5 Å². The molecule has 0 radical (unpaired) electrons. The summed E-state index contributed by atoms with van der Waals surface area (Å²) in [7, 11) is 0. The Balaban J connectivity index is 4.10. The lowest BCUT2D eigenvalue weighted by molar-refractivity contribution is -0.143. The number of aliphatic carboxylic acids is 2. The van der Waals surface area contributed by atoms with Crippen LogP contribution in [-0.2, 0) is 14.4 Å². The van der Waals surface area contributed by atoms with Crippen molar-refractivity contribution < 1.29 is 24.6 Å². The highest BCUT2D eigenvalue weighted by molar-refractivity contribution is 7.80. The SMILES string of the molecule is O=C(O)CC[C@@H](NC(=O)CCS)C(=O)O. The number of rotatable bonds is 7. The Morgan fingerprint density at radius 1 is 1.20 bits per heavy atom. The highest BCUT2D eigenvalue weighted by Crippen LogP contribution is 1.99. The van der Waals surface area contributed by atoms with Gasteiger partial charge in [0.1, 0.15) is 6.04 Å². The summed E-state index contributed by atoms with van der Waals surface area (Å²) >= 11 is 3.82. The van der Waals surface area contributed by atoms with Gasteiger partial charge in [-0.3, -0.25) is 9.59 Å². The van der Waals surface area contributed by atoms with Crippen LogP contribution in [0.5, 0.6) is 0 Å². The van der Waals surface area contributed by atoms with Crippen LogP contribution in [-0.4, -0.2) is 39.9 Å². The number of amides is 1. The van der Waals surface area contributed by atoms with Crippen LogP contribution >= 0.6 is 12.6 Å². The average molecular weight is 235 g/mol. The van der Waals surface area contributed by atoms with Crippen molar-refractivity contribution in [1.29, 1.82) is 0 Å². The molecule has 0 rings (SSSR count). The first kappa shape index (κ1) is 13.8. The second-order valence-electron chi connectivity index (χ2n) is 2.86. The van der Waals surface area contributed by atoms with Crippen LogP contribution in [0.25, 0.3) is 0 Å². The van der Waals surface area contributed by atoms with Gasteiger partial charge in [0, 0.05) is 12.8 Å². The smallest absolute Gasteiger partial charge is 0.326 e. The molecule has 0 saturated carbocycles. The van der Waals surface area contributed by atoms with Crippen molar-refractivity contribution in [3.05, 3.63) is 0 Å². The van der Waals surface area contributed by atoms with Crippen LogP contribution in [0.15, 0.2) is 0 Å². The van der Waals surface area contributed by atoms with E-state index >= 15 is 0 Å². The Morgan fingerprint density at radius 2 is 1.80 bits per heavy atom. The van der Waals surface area contributed by atoms with Gasteiger partial charge in [-0.25, -0.2) is 4.79 Å². The van der Waals surface area contributed by atoms with E-state index in [0.717, 1.165) is 0 Å². The molecule has 7 heteroatoms. The van der Waals surface area contributed by atoms with Crippen LogP contribution in [0.4, 0.5) is 0 Å². The molecule has 6 nitrogen and oxygen atoms in total. The number of carbonyl (C=O) groups is 3. The first-order valence-electron chi connectivity index (χ1n) is 4.32. The highest BCUT2D eigenvalue weighted by atomic mass is 32.1. The largest absolute Gasteiger partial charge is 0.481 e. The summed E-state index contributed by atoms with van der Waals surface area (Å²) in [5.41, 5.74) is 0. The molecule has 0 aromatic carbocycles. The monoisotopic (exact) mass is 235 g/mol. The number of hydrogen-bond donors (Lipinski definition) is 4. The van der Waals surface area contributed by atoms with Gasteiger partial charge in [0.2, 0.25) is 5.91 Å². The first-order chi connectivity index (χ1) is 6.97. The van der Waals surface area contributed by atoms with Crippen LogP contribution in [0.3, 0.4) is 0 Å². The lowest BCUT2D eigenvalue weighted by Crippen LogP contribution is -2.41. The van der Waals surface area contributed by atoms with Crippen molar-refractivity contribution >= 4 is 30.5 Å². The molecule has 0 saturated heterocycles. The zero-order valence-corrected chi connectivity index (χ0v) is 8.87. The normalized spacial score (nSPS) is 11.8. The number of carboxylic acids is 2. The van der Waals surface area contributed by atoms with Crippen molar-refractivity contribution in [2.24, 2.45) is 0 Å². The Labute approximate surface area is 92.1 Å². The quantitative estimate of drug-likeness (QED) is 0.455. The van der Waals surface area contributed by atoms with E-state index in [-0.39, 0.29) is 19.3 Å². The minimum atomic E-state index is -1.23. The van der Waals surface area contributed by atoms with Crippen LogP contribution in [0.1, 0.15) is 19.3 Å². The van der Waals surface area contributed by atoms with Gasteiger partial charge in [-0.15, -0.1) is 0 Å². The maximum absolute atomic E-state index is 11.0. The van der Waals surface area contributed by atoms with E-state index < -0.39 is 23.9 Å². The van der Waals surface area contributed by atoms with Gasteiger partial charge in [-0.1, -0.05) is 0 Å². The van der Waals surface area contributed by atoms with Crippen molar-refractivity contribution in [1.82, 2.24) is 5.32 Å². The van der Waals surface area contributed by atoms with Gasteiger partial charge in [0.15, 0.2) is 0 Å². The fraction of sp³-hybridized carbons (Fsp3) is 0.625. The van der Waals surface area contributed by atoms with Crippen molar-refractivity contribution in [2.45, 2.75) is 25.3 Å².